The second kappa shape index (κ2) is 10.2. The van der Waals surface area contributed by atoms with Gasteiger partial charge in [-0.3, -0.25) is 4.79 Å². The van der Waals surface area contributed by atoms with Gasteiger partial charge in [0.2, 0.25) is 0 Å². The Morgan fingerprint density at radius 2 is 1.74 bits per heavy atom. The van der Waals surface area contributed by atoms with Gasteiger partial charge in [0.15, 0.2) is 23.9 Å². The molecule has 5 heteroatoms. The number of hydrogen-bond acceptors (Lipinski definition) is 5. The van der Waals surface area contributed by atoms with Gasteiger partial charge in [-0.1, -0.05) is 37.3 Å². The van der Waals surface area contributed by atoms with E-state index in [1.54, 1.807) is 43.5 Å². The zero-order valence-electron chi connectivity index (χ0n) is 15.9. The van der Waals surface area contributed by atoms with Gasteiger partial charge in [0.1, 0.15) is 0 Å². The van der Waals surface area contributed by atoms with Crippen molar-refractivity contribution in [3.63, 3.8) is 0 Å². The Morgan fingerprint density at radius 1 is 1.00 bits per heavy atom. The second-order valence-corrected chi connectivity index (χ2v) is 5.76. The SMILES string of the molecule is CCOc1cc(/C=C/C(=O)OCC(=O)c2ccc(CC)cc2)ccc1OC. The Balaban J connectivity index is 1.92. The number of Topliss-reactive ketones (excluding diaryl/α,β-unsaturated/α-hetero) is 1. The van der Waals surface area contributed by atoms with E-state index in [1.807, 2.05) is 26.0 Å². The lowest BCUT2D eigenvalue weighted by Gasteiger charge is -2.09. The number of benzene rings is 2. The lowest BCUT2D eigenvalue weighted by Crippen LogP contribution is -2.12. The van der Waals surface area contributed by atoms with E-state index in [9.17, 15) is 9.59 Å². The summed E-state index contributed by atoms with van der Waals surface area (Å²) in [5.74, 6) is 0.405. The van der Waals surface area contributed by atoms with Crippen LogP contribution in [0.2, 0.25) is 0 Å². The highest BCUT2D eigenvalue weighted by atomic mass is 16.5. The van der Waals surface area contributed by atoms with Crippen molar-refractivity contribution in [2.24, 2.45) is 0 Å². The fourth-order valence-electron chi connectivity index (χ4n) is 2.42. The van der Waals surface area contributed by atoms with Crippen LogP contribution in [0.5, 0.6) is 11.5 Å². The van der Waals surface area contributed by atoms with Gasteiger partial charge in [-0.25, -0.2) is 4.79 Å². The van der Waals surface area contributed by atoms with Crippen molar-refractivity contribution in [1.82, 2.24) is 0 Å². The van der Waals surface area contributed by atoms with Crippen LogP contribution >= 0.6 is 0 Å². The maximum Gasteiger partial charge on any atom is 0.331 e. The van der Waals surface area contributed by atoms with E-state index in [-0.39, 0.29) is 12.4 Å². The number of esters is 1. The Morgan fingerprint density at radius 3 is 2.37 bits per heavy atom. The van der Waals surface area contributed by atoms with Gasteiger partial charge in [0, 0.05) is 11.6 Å². The Labute approximate surface area is 159 Å². The number of ether oxygens (including phenoxy) is 3. The van der Waals surface area contributed by atoms with Crippen LogP contribution in [0.1, 0.15) is 35.3 Å². The zero-order valence-corrected chi connectivity index (χ0v) is 15.9. The van der Waals surface area contributed by atoms with E-state index < -0.39 is 5.97 Å². The molecule has 0 aliphatic heterocycles. The average Bonchev–Trinajstić information content (AvgIpc) is 2.71. The molecule has 2 rings (SSSR count). The van der Waals surface area contributed by atoms with E-state index in [0.29, 0.717) is 23.7 Å². The van der Waals surface area contributed by atoms with Crippen molar-refractivity contribution in [1.29, 1.82) is 0 Å². The molecule has 2 aromatic rings. The van der Waals surface area contributed by atoms with Crippen LogP contribution in [0.4, 0.5) is 0 Å². The van der Waals surface area contributed by atoms with E-state index in [2.05, 4.69) is 0 Å². The van der Waals surface area contributed by atoms with Crippen LogP contribution in [0.3, 0.4) is 0 Å². The molecule has 0 N–H and O–H groups in total. The molecule has 0 spiro atoms. The average molecular weight is 368 g/mol. The first-order valence-electron chi connectivity index (χ1n) is 8.85. The molecule has 0 unspecified atom stereocenters. The largest absolute Gasteiger partial charge is 0.493 e. The number of carbonyl (C=O) groups is 2. The lowest BCUT2D eigenvalue weighted by molar-refractivity contribution is -0.136. The van der Waals surface area contributed by atoms with E-state index >= 15 is 0 Å². The van der Waals surface area contributed by atoms with E-state index in [0.717, 1.165) is 17.5 Å². The number of ketones is 1. The summed E-state index contributed by atoms with van der Waals surface area (Å²) in [6, 6.07) is 12.6. The molecule has 0 aromatic heterocycles. The normalized spacial score (nSPS) is 10.6. The zero-order chi connectivity index (χ0) is 19.6. The fraction of sp³-hybridized carbons (Fsp3) is 0.273. The van der Waals surface area contributed by atoms with Gasteiger partial charge in [0.25, 0.3) is 0 Å². The predicted octanol–water partition coefficient (Wildman–Crippen LogP) is 4.10. The summed E-state index contributed by atoms with van der Waals surface area (Å²) < 4.78 is 15.7. The highest BCUT2D eigenvalue weighted by Crippen LogP contribution is 2.28. The van der Waals surface area contributed by atoms with Crippen molar-refractivity contribution in [2.45, 2.75) is 20.3 Å². The number of hydrogen-bond donors (Lipinski definition) is 0. The monoisotopic (exact) mass is 368 g/mol. The van der Waals surface area contributed by atoms with Crippen LogP contribution in [0.15, 0.2) is 48.5 Å². The van der Waals surface area contributed by atoms with Gasteiger partial charge in [-0.05, 0) is 42.7 Å². The third-order valence-corrected chi connectivity index (χ3v) is 3.93. The minimum Gasteiger partial charge on any atom is -0.493 e. The molecular weight excluding hydrogens is 344 g/mol. The highest BCUT2D eigenvalue weighted by Gasteiger charge is 2.09. The Kier molecular flexibility index (Phi) is 7.62. The molecule has 0 aliphatic rings. The molecular formula is C22H24O5. The van der Waals surface area contributed by atoms with Gasteiger partial charge in [-0.2, -0.15) is 0 Å². The van der Waals surface area contributed by atoms with Crippen molar-refractivity contribution >= 4 is 17.8 Å². The summed E-state index contributed by atoms with van der Waals surface area (Å²) in [7, 11) is 1.57. The van der Waals surface area contributed by atoms with E-state index in [4.69, 9.17) is 14.2 Å². The second-order valence-electron chi connectivity index (χ2n) is 5.76. The summed E-state index contributed by atoms with van der Waals surface area (Å²) in [4.78, 5) is 23.9. The summed E-state index contributed by atoms with van der Waals surface area (Å²) >= 11 is 0. The molecule has 0 aliphatic carbocycles. The smallest absolute Gasteiger partial charge is 0.331 e. The summed E-state index contributed by atoms with van der Waals surface area (Å²) in [5.41, 5.74) is 2.44. The fourth-order valence-corrected chi connectivity index (χ4v) is 2.42. The van der Waals surface area contributed by atoms with Crippen LogP contribution in [-0.4, -0.2) is 32.1 Å². The summed E-state index contributed by atoms with van der Waals surface area (Å²) in [5, 5.41) is 0. The number of rotatable bonds is 9. The van der Waals surface area contributed by atoms with Crippen molar-refractivity contribution in [3.05, 3.63) is 65.2 Å². The van der Waals surface area contributed by atoms with Crippen LogP contribution < -0.4 is 9.47 Å². The summed E-state index contributed by atoms with van der Waals surface area (Å²) in [6.45, 7) is 4.14. The lowest BCUT2D eigenvalue weighted by atomic mass is 10.1. The third kappa shape index (κ3) is 5.99. The van der Waals surface area contributed by atoms with Crippen molar-refractivity contribution < 1.29 is 23.8 Å². The molecule has 0 amide bonds. The molecule has 142 valence electrons. The van der Waals surface area contributed by atoms with Gasteiger partial charge < -0.3 is 14.2 Å². The molecule has 0 bridgehead atoms. The minimum absolute atomic E-state index is 0.234. The van der Waals surface area contributed by atoms with E-state index in [1.165, 1.54) is 6.08 Å². The first kappa shape index (κ1) is 20.2. The first-order chi connectivity index (χ1) is 13.1. The molecule has 2 aromatic carbocycles. The minimum atomic E-state index is -0.581. The quantitative estimate of drug-likeness (QED) is 0.379. The van der Waals surface area contributed by atoms with Crippen LogP contribution in [-0.2, 0) is 16.0 Å². The first-order valence-corrected chi connectivity index (χ1v) is 8.85. The molecule has 0 fully saturated rings. The highest BCUT2D eigenvalue weighted by molar-refractivity contribution is 5.98. The standard InChI is InChI=1S/C22H24O5/c1-4-16-6-10-18(11-7-16)19(23)15-27-22(24)13-9-17-8-12-20(25-3)21(14-17)26-5-2/h6-14H,4-5,15H2,1-3H3/b13-9+. The van der Waals surface area contributed by atoms with Crippen LogP contribution in [0.25, 0.3) is 6.08 Å². The van der Waals surface area contributed by atoms with Crippen LogP contribution in [0, 0.1) is 0 Å². The molecule has 0 atom stereocenters. The molecule has 0 radical (unpaired) electrons. The maximum atomic E-state index is 12.1. The van der Waals surface area contributed by atoms with Gasteiger partial charge in [-0.15, -0.1) is 0 Å². The van der Waals surface area contributed by atoms with Gasteiger partial charge >= 0.3 is 5.97 Å². The predicted molar refractivity (Wildman–Crippen MR) is 104 cm³/mol. The molecule has 5 nitrogen and oxygen atoms in total. The summed E-state index contributed by atoms with van der Waals surface area (Å²) in [6.07, 6.45) is 3.79. The molecule has 0 saturated carbocycles. The Bertz CT molecular complexity index is 806. The van der Waals surface area contributed by atoms with Crippen molar-refractivity contribution in [2.75, 3.05) is 20.3 Å². The number of carbonyl (C=O) groups excluding carboxylic acids is 2. The van der Waals surface area contributed by atoms with Gasteiger partial charge in [0.05, 0.1) is 13.7 Å². The topological polar surface area (TPSA) is 61.8 Å². The molecule has 0 saturated heterocycles. The number of methoxy groups -OCH3 is 1. The number of aryl methyl sites for hydroxylation is 1. The maximum absolute atomic E-state index is 12.1. The Hall–Kier alpha value is -3.08. The third-order valence-electron chi connectivity index (χ3n) is 3.93. The molecule has 0 heterocycles. The van der Waals surface area contributed by atoms with Crippen molar-refractivity contribution in [3.8, 4) is 11.5 Å². The molecule has 27 heavy (non-hydrogen) atoms.